The summed E-state index contributed by atoms with van der Waals surface area (Å²) >= 11 is 0. The lowest BCUT2D eigenvalue weighted by atomic mass is 10.2. The van der Waals surface area contributed by atoms with Gasteiger partial charge in [0, 0.05) is 6.61 Å². The normalized spacial score (nSPS) is 11.8. The molecule has 88 valence electrons. The van der Waals surface area contributed by atoms with Crippen LogP contribution in [-0.2, 0) is 4.43 Å². The summed E-state index contributed by atoms with van der Waals surface area (Å²) in [5.74, 6) is 0. The van der Waals surface area contributed by atoms with E-state index in [4.69, 9.17) is 4.43 Å². The first-order valence-corrected chi connectivity index (χ1v) is 7.80. The van der Waals surface area contributed by atoms with Crippen LogP contribution in [0.25, 0.3) is 6.08 Å². The van der Waals surface area contributed by atoms with E-state index >= 15 is 0 Å². The summed E-state index contributed by atoms with van der Waals surface area (Å²) in [4.78, 5) is 0. The number of rotatable bonds is 8. The van der Waals surface area contributed by atoms with E-state index in [1.165, 1.54) is 18.0 Å². The molecule has 0 unspecified atom stereocenters. The maximum Gasteiger partial charge on any atom is 0.161 e. The van der Waals surface area contributed by atoms with Crippen LogP contribution in [-0.4, -0.2) is 16.4 Å². The topological polar surface area (TPSA) is 9.23 Å². The molecule has 0 aliphatic rings. The van der Waals surface area contributed by atoms with E-state index in [9.17, 15) is 0 Å². The number of benzene rings is 1. The van der Waals surface area contributed by atoms with Crippen molar-refractivity contribution in [1.29, 1.82) is 0 Å². The number of hydrogen-bond donors (Lipinski definition) is 0. The van der Waals surface area contributed by atoms with Gasteiger partial charge in [0.05, 0.1) is 0 Å². The summed E-state index contributed by atoms with van der Waals surface area (Å²) in [7, 11) is -0.198. The predicted molar refractivity (Wildman–Crippen MR) is 74.3 cm³/mol. The van der Waals surface area contributed by atoms with Crippen molar-refractivity contribution < 1.29 is 4.43 Å². The summed E-state index contributed by atoms with van der Waals surface area (Å²) in [6.07, 6.45) is 7.97. The molecule has 16 heavy (non-hydrogen) atoms. The van der Waals surface area contributed by atoms with Crippen LogP contribution in [0.4, 0.5) is 0 Å². The van der Waals surface area contributed by atoms with Gasteiger partial charge in [-0.15, -0.1) is 0 Å². The van der Waals surface area contributed by atoms with Crippen LogP contribution in [0.3, 0.4) is 0 Å². The zero-order chi connectivity index (χ0) is 11.5. The molecule has 0 fully saturated rings. The Balaban J connectivity index is 2.01. The molecule has 1 aromatic carbocycles. The van der Waals surface area contributed by atoms with Gasteiger partial charge in [-0.2, -0.15) is 0 Å². The standard InChI is InChI=1S/C14H22OSi/c1-2-13-16-15-12-8-4-7-11-14-9-5-3-6-10-14/h3,5-7,9-11H,2,4,8,12-13,16H2,1H3. The molecule has 0 heterocycles. The Morgan fingerprint density at radius 1 is 1.25 bits per heavy atom. The molecule has 0 saturated carbocycles. The van der Waals surface area contributed by atoms with Crippen molar-refractivity contribution in [2.75, 3.05) is 6.61 Å². The van der Waals surface area contributed by atoms with Gasteiger partial charge in [0.1, 0.15) is 0 Å². The van der Waals surface area contributed by atoms with Crippen molar-refractivity contribution in [3.05, 3.63) is 42.0 Å². The average molecular weight is 234 g/mol. The van der Waals surface area contributed by atoms with Crippen molar-refractivity contribution in [2.45, 2.75) is 32.2 Å². The van der Waals surface area contributed by atoms with Crippen LogP contribution in [0.2, 0.25) is 6.04 Å². The molecule has 0 aliphatic heterocycles. The molecule has 1 nitrogen and oxygen atoms in total. The van der Waals surface area contributed by atoms with Crippen molar-refractivity contribution in [3.8, 4) is 0 Å². The molecule has 0 bridgehead atoms. The molecule has 0 saturated heterocycles. The van der Waals surface area contributed by atoms with Gasteiger partial charge in [0.2, 0.25) is 0 Å². The third kappa shape index (κ3) is 6.59. The monoisotopic (exact) mass is 234 g/mol. The quantitative estimate of drug-likeness (QED) is 0.495. The fourth-order valence-electron chi connectivity index (χ4n) is 1.44. The minimum atomic E-state index is -0.198. The minimum Gasteiger partial charge on any atom is -0.424 e. The molecule has 1 aromatic rings. The summed E-state index contributed by atoms with van der Waals surface area (Å²) in [6, 6.07) is 11.8. The van der Waals surface area contributed by atoms with Crippen molar-refractivity contribution in [2.24, 2.45) is 0 Å². The van der Waals surface area contributed by atoms with E-state index in [1.54, 1.807) is 0 Å². The first-order chi connectivity index (χ1) is 7.93. The second-order valence-electron chi connectivity index (χ2n) is 3.92. The Labute approximate surface area is 101 Å². The van der Waals surface area contributed by atoms with Gasteiger partial charge in [-0.05, 0) is 24.4 Å². The molecule has 2 heteroatoms. The average Bonchev–Trinajstić information content (AvgIpc) is 2.34. The first kappa shape index (κ1) is 13.2. The van der Waals surface area contributed by atoms with Crippen LogP contribution < -0.4 is 0 Å². The zero-order valence-electron chi connectivity index (χ0n) is 10.2. The molecule has 1 rings (SSSR count). The smallest absolute Gasteiger partial charge is 0.161 e. The van der Waals surface area contributed by atoms with Crippen LogP contribution in [0.1, 0.15) is 31.7 Å². The maximum atomic E-state index is 5.63. The summed E-state index contributed by atoms with van der Waals surface area (Å²) in [6.45, 7) is 3.17. The van der Waals surface area contributed by atoms with Gasteiger partial charge in [0.25, 0.3) is 0 Å². The van der Waals surface area contributed by atoms with Crippen LogP contribution in [0.15, 0.2) is 36.4 Å². The molecule has 0 radical (unpaired) electrons. The highest BCUT2D eigenvalue weighted by molar-refractivity contribution is 6.26. The molecule has 0 spiro atoms. The molecule has 0 amide bonds. The molecule has 0 aromatic heterocycles. The lowest BCUT2D eigenvalue weighted by Crippen LogP contribution is -1.99. The van der Waals surface area contributed by atoms with Gasteiger partial charge in [-0.25, -0.2) is 0 Å². The van der Waals surface area contributed by atoms with E-state index in [1.807, 2.05) is 6.07 Å². The highest BCUT2D eigenvalue weighted by atomic mass is 28.2. The fraction of sp³-hybridized carbons (Fsp3) is 0.429. The Morgan fingerprint density at radius 2 is 2.06 bits per heavy atom. The fourth-order valence-corrected chi connectivity index (χ4v) is 2.34. The van der Waals surface area contributed by atoms with Crippen LogP contribution in [0.5, 0.6) is 0 Å². The number of allylic oxidation sites excluding steroid dienone is 1. The molecule has 0 atom stereocenters. The maximum absolute atomic E-state index is 5.63. The lowest BCUT2D eigenvalue weighted by Gasteiger charge is -2.00. The Bertz CT molecular complexity index is 282. The first-order valence-electron chi connectivity index (χ1n) is 6.23. The minimum absolute atomic E-state index is 0.198. The lowest BCUT2D eigenvalue weighted by molar-refractivity contribution is 0.328. The highest BCUT2D eigenvalue weighted by Gasteiger charge is 1.88. The van der Waals surface area contributed by atoms with Crippen LogP contribution in [0, 0.1) is 0 Å². The Morgan fingerprint density at radius 3 is 2.81 bits per heavy atom. The van der Waals surface area contributed by atoms with E-state index in [0.717, 1.165) is 19.4 Å². The molecular weight excluding hydrogens is 212 g/mol. The second-order valence-corrected chi connectivity index (χ2v) is 5.44. The second kappa shape index (κ2) is 9.37. The van der Waals surface area contributed by atoms with Gasteiger partial charge in [-0.1, -0.05) is 55.8 Å². The Hall–Kier alpha value is -0.863. The summed E-state index contributed by atoms with van der Waals surface area (Å²) in [5.41, 5.74) is 1.28. The van der Waals surface area contributed by atoms with Gasteiger partial charge in [0.15, 0.2) is 9.76 Å². The van der Waals surface area contributed by atoms with E-state index < -0.39 is 0 Å². The number of unbranched alkanes of at least 4 members (excludes halogenated alkanes) is 1. The van der Waals surface area contributed by atoms with E-state index in [-0.39, 0.29) is 9.76 Å². The van der Waals surface area contributed by atoms with E-state index in [0.29, 0.717) is 0 Å². The van der Waals surface area contributed by atoms with Crippen molar-refractivity contribution in [1.82, 2.24) is 0 Å². The largest absolute Gasteiger partial charge is 0.424 e. The summed E-state index contributed by atoms with van der Waals surface area (Å²) < 4.78 is 5.63. The van der Waals surface area contributed by atoms with Crippen LogP contribution >= 0.6 is 0 Å². The van der Waals surface area contributed by atoms with Crippen molar-refractivity contribution >= 4 is 15.8 Å². The van der Waals surface area contributed by atoms with Gasteiger partial charge in [-0.3, -0.25) is 0 Å². The van der Waals surface area contributed by atoms with E-state index in [2.05, 4.69) is 43.3 Å². The van der Waals surface area contributed by atoms with Gasteiger partial charge >= 0.3 is 0 Å². The molecule has 0 N–H and O–H groups in total. The Kier molecular flexibility index (Phi) is 7.73. The molecule has 0 aliphatic carbocycles. The third-order valence-electron chi connectivity index (χ3n) is 2.41. The number of hydrogen-bond acceptors (Lipinski definition) is 1. The molecular formula is C14H22OSi. The predicted octanol–water partition coefficient (Wildman–Crippen LogP) is 3.41. The van der Waals surface area contributed by atoms with Gasteiger partial charge < -0.3 is 4.43 Å². The zero-order valence-corrected chi connectivity index (χ0v) is 11.6. The third-order valence-corrected chi connectivity index (χ3v) is 3.98. The SMILES string of the molecule is CCC[SiH2]OCCCC=Cc1ccccc1. The highest BCUT2D eigenvalue weighted by Crippen LogP contribution is 2.03. The van der Waals surface area contributed by atoms with Crippen molar-refractivity contribution in [3.63, 3.8) is 0 Å². The summed E-state index contributed by atoms with van der Waals surface area (Å²) in [5, 5.41) is 0.